The quantitative estimate of drug-likeness (QED) is 0.304. The Hall–Kier alpha value is -3.84. The number of benzene rings is 5. The maximum atomic E-state index is 3.62. The smallest absolute Gasteiger partial charge is 0.0464 e. The van der Waals surface area contributed by atoms with E-state index in [0.29, 0.717) is 0 Å². The Kier molecular flexibility index (Phi) is 4.41. The summed E-state index contributed by atoms with van der Waals surface area (Å²) in [6.07, 6.45) is 0. The standard InChI is InChI=1S/C32H27N/c1-21-12-15-23(16-13-21)33-31-19-18-24(25-8-4-5-10-28(25)31)22-14-17-27-26-9-6-7-11-29(26)32(2,3)30(27)20-22/h4-20,33H,1-3H3. The minimum absolute atomic E-state index is 0.00464. The van der Waals surface area contributed by atoms with Crippen molar-refractivity contribution in [1.82, 2.24) is 0 Å². The Balaban J connectivity index is 1.47. The fraction of sp³-hybridized carbons (Fsp3) is 0.125. The highest BCUT2D eigenvalue weighted by molar-refractivity contribution is 6.04. The molecule has 1 heteroatoms. The number of anilines is 2. The zero-order chi connectivity index (χ0) is 22.6. The van der Waals surface area contributed by atoms with Crippen molar-refractivity contribution in [3.8, 4) is 22.3 Å². The Morgan fingerprint density at radius 2 is 1.24 bits per heavy atom. The fourth-order valence-electron chi connectivity index (χ4n) is 5.32. The highest BCUT2D eigenvalue weighted by Gasteiger charge is 2.35. The normalized spacial score (nSPS) is 13.5. The topological polar surface area (TPSA) is 12.0 Å². The Morgan fingerprint density at radius 3 is 2.06 bits per heavy atom. The second kappa shape index (κ2) is 7.35. The lowest BCUT2D eigenvalue weighted by Gasteiger charge is -2.22. The van der Waals surface area contributed by atoms with Crippen LogP contribution in [0.25, 0.3) is 33.0 Å². The molecule has 0 fully saturated rings. The van der Waals surface area contributed by atoms with Gasteiger partial charge in [0.25, 0.3) is 0 Å². The fourth-order valence-corrected chi connectivity index (χ4v) is 5.32. The number of nitrogens with one attached hydrogen (secondary N) is 1. The van der Waals surface area contributed by atoms with Crippen LogP contribution in [0, 0.1) is 6.92 Å². The average Bonchev–Trinajstić information content (AvgIpc) is 3.07. The van der Waals surface area contributed by atoms with Gasteiger partial charge in [-0.15, -0.1) is 0 Å². The van der Waals surface area contributed by atoms with Gasteiger partial charge < -0.3 is 5.32 Å². The van der Waals surface area contributed by atoms with E-state index in [2.05, 4.69) is 129 Å². The Bertz CT molecular complexity index is 1510. The molecule has 0 saturated heterocycles. The van der Waals surface area contributed by atoms with Crippen LogP contribution in [0.1, 0.15) is 30.5 Å². The van der Waals surface area contributed by atoms with Crippen LogP contribution in [0.2, 0.25) is 0 Å². The third-order valence-corrected chi connectivity index (χ3v) is 7.15. The summed E-state index contributed by atoms with van der Waals surface area (Å²) < 4.78 is 0. The van der Waals surface area contributed by atoms with Crippen LogP contribution >= 0.6 is 0 Å². The lowest BCUT2D eigenvalue weighted by molar-refractivity contribution is 0.660. The molecule has 0 bridgehead atoms. The van der Waals surface area contributed by atoms with E-state index in [1.54, 1.807) is 0 Å². The largest absolute Gasteiger partial charge is 0.355 e. The highest BCUT2D eigenvalue weighted by atomic mass is 14.9. The van der Waals surface area contributed by atoms with Crippen LogP contribution in [0.15, 0.2) is 103 Å². The molecule has 0 unspecified atom stereocenters. The van der Waals surface area contributed by atoms with Crippen molar-refractivity contribution in [3.05, 3.63) is 120 Å². The first kappa shape index (κ1) is 19.8. The van der Waals surface area contributed by atoms with Gasteiger partial charge in [0.1, 0.15) is 0 Å². The minimum Gasteiger partial charge on any atom is -0.355 e. The van der Waals surface area contributed by atoms with Crippen LogP contribution in [0.3, 0.4) is 0 Å². The summed E-state index contributed by atoms with van der Waals surface area (Å²) in [6.45, 7) is 6.80. The van der Waals surface area contributed by atoms with E-state index >= 15 is 0 Å². The summed E-state index contributed by atoms with van der Waals surface area (Å²) in [5, 5.41) is 6.12. The summed E-state index contributed by atoms with van der Waals surface area (Å²) in [5.41, 5.74) is 11.6. The molecule has 0 saturated carbocycles. The van der Waals surface area contributed by atoms with Crippen LogP contribution in [0.4, 0.5) is 11.4 Å². The molecule has 1 aliphatic rings. The Labute approximate surface area is 195 Å². The molecule has 5 aromatic rings. The van der Waals surface area contributed by atoms with E-state index in [4.69, 9.17) is 0 Å². The molecule has 5 aromatic carbocycles. The van der Waals surface area contributed by atoms with Gasteiger partial charge >= 0.3 is 0 Å². The van der Waals surface area contributed by atoms with Crippen LogP contribution in [-0.2, 0) is 5.41 Å². The van der Waals surface area contributed by atoms with Crippen molar-refractivity contribution in [2.45, 2.75) is 26.2 Å². The molecule has 0 radical (unpaired) electrons. The first-order valence-corrected chi connectivity index (χ1v) is 11.6. The van der Waals surface area contributed by atoms with Crippen LogP contribution < -0.4 is 5.32 Å². The van der Waals surface area contributed by atoms with E-state index < -0.39 is 0 Å². The first-order valence-electron chi connectivity index (χ1n) is 11.6. The van der Waals surface area contributed by atoms with E-state index in [-0.39, 0.29) is 5.41 Å². The van der Waals surface area contributed by atoms with E-state index in [1.165, 1.54) is 49.7 Å². The molecule has 160 valence electrons. The summed E-state index contributed by atoms with van der Waals surface area (Å²) in [7, 11) is 0. The minimum atomic E-state index is 0.00464. The zero-order valence-corrected chi connectivity index (χ0v) is 19.3. The van der Waals surface area contributed by atoms with E-state index in [0.717, 1.165) is 11.4 Å². The average molecular weight is 426 g/mol. The van der Waals surface area contributed by atoms with Crippen LogP contribution in [0.5, 0.6) is 0 Å². The summed E-state index contributed by atoms with van der Waals surface area (Å²) in [6, 6.07) is 37.6. The number of hydrogen-bond acceptors (Lipinski definition) is 1. The van der Waals surface area contributed by atoms with Gasteiger partial charge in [-0.1, -0.05) is 98.3 Å². The van der Waals surface area contributed by atoms with E-state index in [1.807, 2.05) is 0 Å². The molecule has 1 aliphatic carbocycles. The second-order valence-electron chi connectivity index (χ2n) is 9.63. The molecule has 1 nitrogen and oxygen atoms in total. The molecule has 1 N–H and O–H groups in total. The maximum absolute atomic E-state index is 3.62. The predicted molar refractivity (Wildman–Crippen MR) is 141 cm³/mol. The van der Waals surface area contributed by atoms with Crippen LogP contribution in [-0.4, -0.2) is 0 Å². The number of hydrogen-bond donors (Lipinski definition) is 1. The van der Waals surface area contributed by atoms with Gasteiger partial charge in [-0.25, -0.2) is 0 Å². The van der Waals surface area contributed by atoms with Crippen molar-refractivity contribution in [3.63, 3.8) is 0 Å². The molecule has 0 spiro atoms. The first-order chi connectivity index (χ1) is 16.0. The van der Waals surface area contributed by atoms with Gasteiger partial charge in [0.2, 0.25) is 0 Å². The molecule has 6 rings (SSSR count). The van der Waals surface area contributed by atoms with Crippen molar-refractivity contribution in [2.75, 3.05) is 5.32 Å². The second-order valence-corrected chi connectivity index (χ2v) is 9.63. The molecule has 0 heterocycles. The summed E-state index contributed by atoms with van der Waals surface area (Å²) in [4.78, 5) is 0. The molecule has 33 heavy (non-hydrogen) atoms. The molecule has 0 amide bonds. The molecule has 0 aromatic heterocycles. The number of fused-ring (bicyclic) bond motifs is 4. The third-order valence-electron chi connectivity index (χ3n) is 7.15. The van der Waals surface area contributed by atoms with Crippen molar-refractivity contribution in [1.29, 1.82) is 0 Å². The van der Waals surface area contributed by atoms with Crippen molar-refractivity contribution >= 4 is 22.1 Å². The van der Waals surface area contributed by atoms with Gasteiger partial charge in [-0.05, 0) is 70.0 Å². The van der Waals surface area contributed by atoms with E-state index in [9.17, 15) is 0 Å². The predicted octanol–water partition coefficient (Wildman–Crippen LogP) is 8.87. The Morgan fingerprint density at radius 1 is 0.576 bits per heavy atom. The van der Waals surface area contributed by atoms with Gasteiger partial charge in [-0.3, -0.25) is 0 Å². The highest BCUT2D eigenvalue weighted by Crippen LogP contribution is 2.49. The lowest BCUT2D eigenvalue weighted by Crippen LogP contribution is -2.14. The lowest BCUT2D eigenvalue weighted by atomic mass is 9.81. The maximum Gasteiger partial charge on any atom is 0.0464 e. The van der Waals surface area contributed by atoms with Crippen molar-refractivity contribution in [2.24, 2.45) is 0 Å². The zero-order valence-electron chi connectivity index (χ0n) is 19.3. The summed E-state index contributed by atoms with van der Waals surface area (Å²) >= 11 is 0. The molecular formula is C32H27N. The van der Waals surface area contributed by atoms with Gasteiger partial charge in [0, 0.05) is 22.2 Å². The summed E-state index contributed by atoms with van der Waals surface area (Å²) in [5.74, 6) is 0. The monoisotopic (exact) mass is 425 g/mol. The molecule has 0 aliphatic heterocycles. The van der Waals surface area contributed by atoms with Crippen molar-refractivity contribution < 1.29 is 0 Å². The third kappa shape index (κ3) is 3.15. The van der Waals surface area contributed by atoms with Gasteiger partial charge in [-0.2, -0.15) is 0 Å². The van der Waals surface area contributed by atoms with Gasteiger partial charge in [0.05, 0.1) is 0 Å². The molecular weight excluding hydrogens is 398 g/mol. The SMILES string of the molecule is Cc1ccc(Nc2ccc(-c3ccc4c(c3)C(C)(C)c3ccccc3-4)c3ccccc23)cc1. The number of rotatable bonds is 3. The van der Waals surface area contributed by atoms with Gasteiger partial charge in [0.15, 0.2) is 0 Å². The molecule has 0 atom stereocenters. The number of aryl methyl sites for hydroxylation is 1.